The largest absolute Gasteiger partial charge is 0.501 e. The van der Waals surface area contributed by atoms with Gasteiger partial charge in [0.15, 0.2) is 0 Å². The van der Waals surface area contributed by atoms with Crippen LogP contribution < -0.4 is 0 Å². The molecular weight excluding hydrogens is 1580 g/mol. The molecule has 0 spiro atoms. The van der Waals surface area contributed by atoms with Gasteiger partial charge in [-0.25, -0.2) is 0 Å². The summed E-state index contributed by atoms with van der Waals surface area (Å²) in [5, 5.41) is 0. The van der Waals surface area contributed by atoms with Crippen LogP contribution in [0.25, 0.3) is 0 Å². The van der Waals surface area contributed by atoms with Gasteiger partial charge in [0.05, 0.1) is 0 Å². The van der Waals surface area contributed by atoms with Crippen LogP contribution in [0.1, 0.15) is 0 Å². The van der Waals surface area contributed by atoms with Crippen LogP contribution in [0.2, 0.25) is 36.3 Å². The van der Waals surface area contributed by atoms with Crippen molar-refractivity contribution in [3.05, 3.63) is 0 Å². The fraction of sp³-hybridized carbons (Fsp3) is 1.00. The highest BCUT2D eigenvalue weighted by Crippen LogP contribution is 2.25. The number of hydrogen-bond donors (Lipinski definition) is 13. The first-order valence-electron chi connectivity index (χ1n) is 24.2. The lowest BCUT2D eigenvalue weighted by molar-refractivity contribution is 0.125. The topological polar surface area (TPSA) is 166 Å². The first-order chi connectivity index (χ1) is 41.5. The van der Waals surface area contributed by atoms with E-state index in [1.54, 1.807) is 255 Å². The highest BCUT2D eigenvalue weighted by molar-refractivity contribution is 8.77. The molecule has 0 heterocycles. The minimum Gasteiger partial charge on any atom is -0.377 e. The van der Waals surface area contributed by atoms with Crippen molar-refractivity contribution < 1.29 is 79.7 Å². The van der Waals surface area contributed by atoms with Crippen LogP contribution in [0.4, 0.5) is 0 Å². The second-order valence-electron chi connectivity index (χ2n) is 11.4. The molecule has 0 bridgehead atoms. The van der Waals surface area contributed by atoms with Gasteiger partial charge in [-0.3, -0.25) is 0 Å². The summed E-state index contributed by atoms with van der Waals surface area (Å²) in [6.45, 7) is 0. The van der Waals surface area contributed by atoms with E-state index in [1.807, 2.05) is 0 Å². The molecule has 0 amide bonds. The molecule has 0 aliphatic carbocycles. The molecule has 0 N–H and O–H groups in total. The predicted molar refractivity (Wildman–Crippen MR) is 458 cm³/mol. The summed E-state index contributed by atoms with van der Waals surface area (Å²) in [6.07, 6.45) is 23.1. The van der Waals surface area contributed by atoms with E-state index in [0.29, 0.717) is 0 Å². The number of rotatable bonds is 36. The van der Waals surface area contributed by atoms with Gasteiger partial charge in [-0.05, 0) is 98.6 Å². The third-order valence-electron chi connectivity index (χ3n) is 8.68. The Morgan fingerprint density at radius 1 is 0.198 bits per heavy atom. The Bertz CT molecular complexity index is 837. The quantitative estimate of drug-likeness (QED) is 0.0124. The van der Waals surface area contributed by atoms with Crippen LogP contribution in [0.5, 0.6) is 0 Å². The summed E-state index contributed by atoms with van der Waals surface area (Å²) < 4.78 is 93.4. The average Bonchev–Trinajstić information content (AvgIpc) is 3.66. The van der Waals surface area contributed by atoms with Crippen molar-refractivity contribution in [2.24, 2.45) is 0 Å². The van der Waals surface area contributed by atoms with Gasteiger partial charge in [-0.1, -0.05) is 64.8 Å². The lowest BCUT2D eigenvalue weighted by atomic mass is 11.0. The van der Waals surface area contributed by atoms with Gasteiger partial charge in [-0.2, -0.15) is 164 Å². The Morgan fingerprint density at radius 3 is 0.349 bits per heavy atom. The molecule has 18 nitrogen and oxygen atoms in total. The molecule has 0 saturated heterocycles. The summed E-state index contributed by atoms with van der Waals surface area (Å²) in [6, 6.07) is 4.84. The molecule has 43 heteroatoms. The second kappa shape index (κ2) is 122. The summed E-state index contributed by atoms with van der Waals surface area (Å²) >= 11 is 47.5. The molecule has 0 aromatic rings. The van der Waals surface area contributed by atoms with Crippen molar-refractivity contribution in [2.75, 3.05) is 244 Å². The van der Waals surface area contributed by atoms with Gasteiger partial charge < -0.3 is 79.7 Å². The van der Waals surface area contributed by atoms with E-state index in [9.17, 15) is 0 Å². The molecular formula is C43H130O18S19Si6. The second-order valence-corrected chi connectivity index (χ2v) is 39.3. The van der Waals surface area contributed by atoms with Crippen molar-refractivity contribution in [2.45, 2.75) is 36.3 Å². The van der Waals surface area contributed by atoms with Crippen molar-refractivity contribution in [1.82, 2.24) is 0 Å². The summed E-state index contributed by atoms with van der Waals surface area (Å²) in [7, 11) is 26.0. The summed E-state index contributed by atoms with van der Waals surface area (Å²) in [5.41, 5.74) is 0. The van der Waals surface area contributed by atoms with Crippen LogP contribution in [-0.4, -0.2) is 297 Å². The molecule has 0 radical (unpaired) electrons. The SMILES string of the molecule is CO[Si](CCS)(OC)OC.CO[Si](CCS)(OC)OC.CO[Si](CCS)(OC)OC.CO[Si](CCSSC)(OC)OC.CO[Si](CCSSC)(OC)OC.CO[Si](CCSSC)(OC)OC.CS.CS.CS.CS.CS.CS.CS.CS.CS.CS. The van der Waals surface area contributed by atoms with Gasteiger partial charge in [-0.15, -0.1) is 0 Å². The Kier molecular flexibility index (Phi) is 189. The maximum absolute atomic E-state index is 5.25. The first-order valence-corrected chi connectivity index (χ1v) is 54.8. The third kappa shape index (κ3) is 89.2. The molecule has 0 fully saturated rings. The normalized spacial score (nSPS) is 9.91. The minimum atomic E-state index is -2.29. The molecule has 0 atom stereocenters. The van der Waals surface area contributed by atoms with Gasteiger partial charge in [0.2, 0.25) is 0 Å². The van der Waals surface area contributed by atoms with Gasteiger partial charge in [0, 0.05) is 181 Å². The minimum absolute atomic E-state index is 0.724. The van der Waals surface area contributed by atoms with Crippen LogP contribution >= 0.6 is 229 Å². The monoisotopic (exact) mass is 1710 g/mol. The van der Waals surface area contributed by atoms with Gasteiger partial charge in [0.25, 0.3) is 0 Å². The molecule has 0 rings (SSSR count). The smallest absolute Gasteiger partial charge is 0.377 e. The number of hydrogen-bond acceptors (Lipinski definition) is 37. The molecule has 0 aromatic carbocycles. The maximum Gasteiger partial charge on any atom is 0.501 e. The van der Waals surface area contributed by atoms with Crippen molar-refractivity contribution in [3.63, 3.8) is 0 Å². The molecule has 0 aliphatic rings. The standard InChI is InChI=1S/3C6H16O3S2Si.3C5H14O3SSi.10CH4S/c3*1-7-12(8-2,9-3)6-5-11-10-4;3*1-6-10(7-2,8-3)5-4-9;10*1-2/h3*5-6H2,1-4H3;3*9H,4-5H2,1-3H3;10*2H,1H3. The van der Waals surface area contributed by atoms with Crippen LogP contribution in [0, 0.1) is 0 Å². The molecule has 0 aliphatic heterocycles. The molecule has 0 saturated carbocycles. The first kappa shape index (κ1) is 133. The third-order valence-corrected chi connectivity index (χ3v) is 33.5. The lowest BCUT2D eigenvalue weighted by Gasteiger charge is -2.23. The Hall–Kier alpha value is 7.23. The Labute approximate surface area is 634 Å². The molecule has 548 valence electrons. The van der Waals surface area contributed by atoms with E-state index in [4.69, 9.17) is 79.7 Å². The highest BCUT2D eigenvalue weighted by Gasteiger charge is 2.40. The summed E-state index contributed by atoms with van der Waals surface area (Å²) in [4.78, 5) is 0. The fourth-order valence-electron chi connectivity index (χ4n) is 4.50. The molecule has 86 heavy (non-hydrogen) atoms. The predicted octanol–water partition coefficient (Wildman–Crippen LogP) is 13.5. The van der Waals surface area contributed by atoms with Crippen molar-refractivity contribution in [3.8, 4) is 0 Å². The molecule has 0 aromatic heterocycles. The van der Waals surface area contributed by atoms with Crippen LogP contribution in [-0.2, 0) is 79.7 Å². The number of thiol groups is 13. The maximum atomic E-state index is 5.25. The summed E-state index contributed by atoms with van der Waals surface area (Å²) in [5.74, 6) is 5.18. The Morgan fingerprint density at radius 2 is 0.291 bits per heavy atom. The van der Waals surface area contributed by atoms with E-state index >= 15 is 0 Å². The zero-order valence-corrected chi connectivity index (χ0v) is 80.6. The van der Waals surface area contributed by atoms with Crippen LogP contribution in [0.15, 0.2) is 0 Å². The van der Waals surface area contributed by atoms with Crippen molar-refractivity contribution >= 4 is 282 Å². The van der Waals surface area contributed by atoms with Crippen molar-refractivity contribution in [1.29, 1.82) is 0 Å². The van der Waals surface area contributed by atoms with Gasteiger partial charge in [0.1, 0.15) is 0 Å². The van der Waals surface area contributed by atoms with E-state index in [-0.39, 0.29) is 0 Å². The lowest BCUT2D eigenvalue weighted by Crippen LogP contribution is -2.43. The van der Waals surface area contributed by atoms with E-state index in [0.717, 1.165) is 70.8 Å². The van der Waals surface area contributed by atoms with Crippen LogP contribution in [0.3, 0.4) is 0 Å². The highest BCUT2D eigenvalue weighted by atomic mass is 33.1. The van der Waals surface area contributed by atoms with E-state index < -0.39 is 52.8 Å². The van der Waals surface area contributed by atoms with E-state index in [2.05, 4.69) is 183 Å². The average molecular weight is 1710 g/mol. The zero-order chi connectivity index (χ0) is 72.5. The van der Waals surface area contributed by atoms with Gasteiger partial charge >= 0.3 is 52.8 Å². The Balaban J connectivity index is -0.0000000460. The van der Waals surface area contributed by atoms with E-state index in [1.165, 1.54) is 0 Å². The zero-order valence-electron chi connectivity index (χ0n) is 58.1. The fourth-order valence-corrected chi connectivity index (χ4v) is 22.7. The molecule has 0 unspecified atom stereocenters.